The quantitative estimate of drug-likeness (QED) is 0.365. The summed E-state index contributed by atoms with van der Waals surface area (Å²) < 4.78 is 17.8. The predicted octanol–water partition coefficient (Wildman–Crippen LogP) is 1.65. The zero-order valence-corrected chi connectivity index (χ0v) is 11.9. The molecular formula is C12H12FN5O2S. The number of hydrogen-bond acceptors (Lipinski definition) is 7. The molecule has 0 unspecified atom stereocenters. The largest absolute Gasteiger partial charge is 0.468 e. The number of rotatable bonds is 6. The minimum Gasteiger partial charge on any atom is -0.468 e. The molecule has 0 aliphatic rings. The molecule has 7 nitrogen and oxygen atoms in total. The number of anilines is 1. The van der Waals surface area contributed by atoms with E-state index in [4.69, 9.17) is 0 Å². The van der Waals surface area contributed by atoms with Gasteiger partial charge in [0.05, 0.1) is 19.1 Å². The lowest BCUT2D eigenvalue weighted by atomic mass is 10.2. The van der Waals surface area contributed by atoms with Crippen LogP contribution in [0, 0.1) is 5.82 Å². The molecule has 110 valence electrons. The van der Waals surface area contributed by atoms with E-state index < -0.39 is 0 Å². The molecule has 0 radical (unpaired) electrons. The van der Waals surface area contributed by atoms with Gasteiger partial charge in [-0.15, -0.1) is 5.10 Å². The molecule has 0 saturated carbocycles. The summed E-state index contributed by atoms with van der Waals surface area (Å²) >= 11 is 1.13. The number of aromatic nitrogens is 3. The van der Waals surface area contributed by atoms with E-state index in [0.29, 0.717) is 10.7 Å². The molecule has 1 aromatic carbocycles. The Morgan fingerprint density at radius 1 is 1.57 bits per heavy atom. The van der Waals surface area contributed by atoms with Gasteiger partial charge in [-0.2, -0.15) is 10.1 Å². The summed E-state index contributed by atoms with van der Waals surface area (Å²) in [6, 6.07) is 6.25. The number of halogens is 1. The number of hydrazone groups is 1. The lowest BCUT2D eigenvalue weighted by Gasteiger charge is -1.95. The number of nitrogens with one attached hydrogen (secondary N) is 2. The Morgan fingerprint density at radius 3 is 3.14 bits per heavy atom. The summed E-state index contributed by atoms with van der Waals surface area (Å²) in [5.74, 6) is -0.325. The van der Waals surface area contributed by atoms with Crippen LogP contribution in [0.4, 0.5) is 10.3 Å². The van der Waals surface area contributed by atoms with E-state index in [0.717, 1.165) is 11.8 Å². The van der Waals surface area contributed by atoms with Crippen LogP contribution in [0.25, 0.3) is 0 Å². The number of benzene rings is 1. The highest BCUT2D eigenvalue weighted by Crippen LogP contribution is 2.13. The fourth-order valence-corrected chi connectivity index (χ4v) is 1.92. The van der Waals surface area contributed by atoms with Gasteiger partial charge in [0.2, 0.25) is 11.1 Å². The molecule has 0 saturated heterocycles. The first-order valence-corrected chi connectivity index (χ1v) is 6.83. The highest BCUT2D eigenvalue weighted by Gasteiger charge is 2.07. The first-order chi connectivity index (χ1) is 10.2. The maximum Gasteiger partial charge on any atom is 0.316 e. The van der Waals surface area contributed by atoms with Crippen molar-refractivity contribution in [3.8, 4) is 0 Å². The average Bonchev–Trinajstić information content (AvgIpc) is 2.94. The van der Waals surface area contributed by atoms with Gasteiger partial charge >= 0.3 is 5.97 Å². The van der Waals surface area contributed by atoms with Gasteiger partial charge in [0.25, 0.3) is 0 Å². The summed E-state index contributed by atoms with van der Waals surface area (Å²) in [5.41, 5.74) is 2.94. The second-order valence-electron chi connectivity index (χ2n) is 3.72. The molecule has 0 aliphatic heterocycles. The van der Waals surface area contributed by atoms with Crippen LogP contribution in [0.3, 0.4) is 0 Å². The number of carbonyl (C=O) groups excluding carboxylic acids is 1. The van der Waals surface area contributed by atoms with Gasteiger partial charge in [-0.1, -0.05) is 30.0 Å². The van der Waals surface area contributed by atoms with Gasteiger partial charge < -0.3 is 4.74 Å². The molecule has 2 aromatic rings. The molecule has 1 aromatic heterocycles. The number of nitrogens with zero attached hydrogens (tertiary/aromatic N) is 3. The standard InChI is InChI=1S/C12H12FN5O2S/c1-20-10(19)7-21-12-15-11(17-18-12)16-14-6-8-4-2-3-5-9(8)13/h2-6H,7H2,1H3,(H2,15,16,17,18)/b14-6-. The normalized spacial score (nSPS) is 10.8. The van der Waals surface area contributed by atoms with Crippen LogP contribution in [0.15, 0.2) is 34.5 Å². The summed E-state index contributed by atoms with van der Waals surface area (Å²) in [4.78, 5) is 15.0. The number of ether oxygens (including phenoxy) is 1. The Labute approximate surface area is 124 Å². The zero-order valence-electron chi connectivity index (χ0n) is 11.0. The van der Waals surface area contributed by atoms with Crippen molar-refractivity contribution in [1.82, 2.24) is 15.2 Å². The molecule has 0 amide bonds. The van der Waals surface area contributed by atoms with Crippen LogP contribution in [-0.2, 0) is 9.53 Å². The van der Waals surface area contributed by atoms with Crippen LogP contribution in [0.5, 0.6) is 0 Å². The summed E-state index contributed by atoms with van der Waals surface area (Å²) in [6.07, 6.45) is 1.33. The number of thioether (sulfide) groups is 1. The van der Waals surface area contributed by atoms with Crippen LogP contribution in [-0.4, -0.2) is 40.2 Å². The minimum absolute atomic E-state index is 0.117. The van der Waals surface area contributed by atoms with Gasteiger partial charge in [0.15, 0.2) is 0 Å². The van der Waals surface area contributed by atoms with E-state index in [2.05, 4.69) is 30.4 Å². The van der Waals surface area contributed by atoms with Crippen molar-refractivity contribution in [2.45, 2.75) is 5.16 Å². The zero-order chi connectivity index (χ0) is 15.1. The third-order valence-corrected chi connectivity index (χ3v) is 3.11. The molecule has 0 spiro atoms. The number of methoxy groups -OCH3 is 1. The van der Waals surface area contributed by atoms with Crippen LogP contribution in [0.2, 0.25) is 0 Å². The van der Waals surface area contributed by atoms with Crippen LogP contribution in [0.1, 0.15) is 5.56 Å². The second-order valence-corrected chi connectivity index (χ2v) is 4.67. The van der Waals surface area contributed by atoms with E-state index in [9.17, 15) is 9.18 Å². The summed E-state index contributed by atoms with van der Waals surface area (Å²) in [5, 5.41) is 10.7. The SMILES string of the molecule is COC(=O)CSc1n[nH]c(N/N=C\c2ccccc2F)n1. The lowest BCUT2D eigenvalue weighted by Crippen LogP contribution is -2.03. The van der Waals surface area contributed by atoms with Crippen molar-refractivity contribution < 1.29 is 13.9 Å². The number of aromatic amines is 1. The van der Waals surface area contributed by atoms with Crippen LogP contribution >= 0.6 is 11.8 Å². The smallest absolute Gasteiger partial charge is 0.316 e. The molecule has 0 fully saturated rings. The number of carbonyl (C=O) groups is 1. The minimum atomic E-state index is -0.366. The van der Waals surface area contributed by atoms with Crippen molar-refractivity contribution in [2.24, 2.45) is 5.10 Å². The average molecular weight is 309 g/mol. The van der Waals surface area contributed by atoms with Gasteiger partial charge in [0, 0.05) is 5.56 Å². The van der Waals surface area contributed by atoms with Gasteiger partial charge in [-0.05, 0) is 6.07 Å². The Balaban J connectivity index is 1.88. The highest BCUT2D eigenvalue weighted by molar-refractivity contribution is 7.99. The molecule has 2 rings (SSSR count). The Morgan fingerprint density at radius 2 is 2.38 bits per heavy atom. The van der Waals surface area contributed by atoms with E-state index >= 15 is 0 Å². The number of H-pyrrole nitrogens is 1. The first kappa shape index (κ1) is 15.0. The van der Waals surface area contributed by atoms with Crippen molar-refractivity contribution in [3.05, 3.63) is 35.6 Å². The maximum absolute atomic E-state index is 13.3. The molecule has 2 N–H and O–H groups in total. The molecule has 1 heterocycles. The Kier molecular flexibility index (Phi) is 5.27. The van der Waals surface area contributed by atoms with Crippen molar-refractivity contribution in [1.29, 1.82) is 0 Å². The van der Waals surface area contributed by atoms with Crippen molar-refractivity contribution in [3.63, 3.8) is 0 Å². The van der Waals surface area contributed by atoms with Gasteiger partial charge in [-0.25, -0.2) is 14.9 Å². The number of esters is 1. The van der Waals surface area contributed by atoms with E-state index in [1.165, 1.54) is 19.4 Å². The molecule has 21 heavy (non-hydrogen) atoms. The second kappa shape index (κ2) is 7.39. The maximum atomic E-state index is 13.3. The lowest BCUT2D eigenvalue weighted by molar-refractivity contribution is -0.137. The van der Waals surface area contributed by atoms with Gasteiger partial charge in [0.1, 0.15) is 5.82 Å². The predicted molar refractivity (Wildman–Crippen MR) is 76.7 cm³/mol. The summed E-state index contributed by atoms with van der Waals surface area (Å²) in [6.45, 7) is 0. The third-order valence-electron chi connectivity index (χ3n) is 2.29. The van der Waals surface area contributed by atoms with E-state index in [1.54, 1.807) is 18.2 Å². The highest BCUT2D eigenvalue weighted by atomic mass is 32.2. The number of hydrogen-bond donors (Lipinski definition) is 2. The molecule has 9 heteroatoms. The molecule has 0 atom stereocenters. The van der Waals surface area contributed by atoms with Crippen molar-refractivity contribution in [2.75, 3.05) is 18.3 Å². The Bertz CT molecular complexity index is 646. The molecular weight excluding hydrogens is 297 g/mol. The monoisotopic (exact) mass is 309 g/mol. The van der Waals surface area contributed by atoms with Crippen molar-refractivity contribution >= 4 is 29.9 Å². The first-order valence-electron chi connectivity index (χ1n) is 5.84. The fraction of sp³-hybridized carbons (Fsp3) is 0.167. The molecule has 0 bridgehead atoms. The van der Waals surface area contributed by atoms with E-state index in [-0.39, 0.29) is 23.5 Å². The fourth-order valence-electron chi connectivity index (χ4n) is 1.29. The van der Waals surface area contributed by atoms with Crippen LogP contribution < -0.4 is 5.43 Å². The topological polar surface area (TPSA) is 92.3 Å². The summed E-state index contributed by atoms with van der Waals surface area (Å²) in [7, 11) is 1.31. The van der Waals surface area contributed by atoms with E-state index in [1.807, 2.05) is 0 Å². The Hall–Kier alpha value is -2.42. The van der Waals surface area contributed by atoms with Gasteiger partial charge in [-0.3, -0.25) is 4.79 Å². The molecule has 0 aliphatic carbocycles. The third kappa shape index (κ3) is 4.56.